The second-order valence-corrected chi connectivity index (χ2v) is 18.6. The highest BCUT2D eigenvalue weighted by Crippen LogP contribution is 2.48. The molecule has 6 aromatic carbocycles. The molecule has 0 radical (unpaired) electrons. The Labute approximate surface area is 397 Å². The van der Waals surface area contributed by atoms with Gasteiger partial charge in [0.25, 0.3) is 0 Å². The summed E-state index contributed by atoms with van der Waals surface area (Å²) >= 11 is 0. The molecule has 4 heteroatoms. The van der Waals surface area contributed by atoms with Crippen LogP contribution in [0, 0.1) is 5.92 Å². The Bertz CT molecular complexity index is 3690. The topological polar surface area (TPSA) is 34.0 Å². The summed E-state index contributed by atoms with van der Waals surface area (Å²) in [6.45, 7) is 0. The summed E-state index contributed by atoms with van der Waals surface area (Å²) in [7, 11) is 0. The molecule has 9 aromatic rings. The largest absolute Gasteiger partial charge is 0.337 e. The second kappa shape index (κ2) is 17.0. The molecule has 1 aliphatic heterocycles. The van der Waals surface area contributed by atoms with E-state index in [0.29, 0.717) is 5.92 Å². The van der Waals surface area contributed by atoms with Crippen molar-refractivity contribution in [2.24, 2.45) is 5.92 Å². The van der Waals surface area contributed by atoms with Crippen molar-refractivity contribution < 1.29 is 0 Å². The molecule has 326 valence electrons. The number of allylic oxidation sites excluding steroid dienone is 11. The van der Waals surface area contributed by atoms with E-state index in [2.05, 4.69) is 234 Å². The zero-order chi connectivity index (χ0) is 45.0. The van der Waals surface area contributed by atoms with E-state index in [1.807, 2.05) is 0 Å². The van der Waals surface area contributed by atoms with Crippen LogP contribution in [0.4, 0.5) is 5.69 Å². The first-order valence-electron chi connectivity index (χ1n) is 24.3. The van der Waals surface area contributed by atoms with Crippen molar-refractivity contribution in [3.8, 4) is 28.2 Å². The van der Waals surface area contributed by atoms with Crippen LogP contribution in [0.5, 0.6) is 0 Å². The Kier molecular flexibility index (Phi) is 10.0. The molecule has 0 amide bonds. The number of aromatic nitrogens is 3. The van der Waals surface area contributed by atoms with Gasteiger partial charge < -0.3 is 9.47 Å². The highest BCUT2D eigenvalue weighted by Gasteiger charge is 2.34. The van der Waals surface area contributed by atoms with Crippen LogP contribution in [-0.2, 0) is 0 Å². The molecular formula is C64H50N4. The first-order valence-corrected chi connectivity index (χ1v) is 24.3. The molecule has 0 N–H and O–H groups in total. The molecule has 68 heavy (non-hydrogen) atoms. The van der Waals surface area contributed by atoms with Crippen LogP contribution in [0.1, 0.15) is 55.0 Å². The summed E-state index contributed by atoms with van der Waals surface area (Å²) in [5.41, 5.74) is 14.9. The van der Waals surface area contributed by atoms with Gasteiger partial charge in [-0.1, -0.05) is 164 Å². The standard InChI is InChI=1S/C64H50N4/c1-5-19-45(20-6-1)59-37-38-60(46-21-7-2-8-22-46)67(59)49-31-33-51-53(41-49)63(57-35-29-43-17-13-15-27-55(43)65-57)52-34-32-50(42-54(52)64(51)58-36-30-44-18-14-16-28-56(44)66-58)68-61(47-23-9-3-10-24-47)39-40-62(68)48-25-11-4-12-26-48/h1-11,13-21,23,25,27-37,39-42,46-47,60H,12,22,24,26,38H2. The van der Waals surface area contributed by atoms with E-state index in [1.54, 1.807) is 0 Å². The molecule has 3 aliphatic carbocycles. The smallest absolute Gasteiger partial charge is 0.0722 e. The molecule has 0 bridgehead atoms. The summed E-state index contributed by atoms with van der Waals surface area (Å²) in [5.74, 6) is 0.647. The first kappa shape index (κ1) is 40.2. The maximum atomic E-state index is 5.50. The average Bonchev–Trinajstić information content (AvgIpc) is 4.07. The van der Waals surface area contributed by atoms with Gasteiger partial charge in [0.05, 0.1) is 22.4 Å². The average molecular weight is 875 g/mol. The third-order valence-corrected chi connectivity index (χ3v) is 14.7. The predicted molar refractivity (Wildman–Crippen MR) is 286 cm³/mol. The maximum Gasteiger partial charge on any atom is 0.0722 e. The third kappa shape index (κ3) is 6.98. The van der Waals surface area contributed by atoms with E-state index in [0.717, 1.165) is 104 Å². The van der Waals surface area contributed by atoms with Crippen LogP contribution in [0.2, 0.25) is 0 Å². The molecule has 4 aliphatic rings. The highest BCUT2D eigenvalue weighted by atomic mass is 15.2. The summed E-state index contributed by atoms with van der Waals surface area (Å²) in [6, 6.07) is 56.2. The molecule has 13 rings (SSSR count). The summed E-state index contributed by atoms with van der Waals surface area (Å²) < 4.78 is 2.54. The SMILES string of the molecule is C1=CCCC(c2ccc(C3C=CC=CC3)n2-c2ccc3c(-c4ccc5ccccc5n4)c4cc(N5C(c6ccccc6)=CCC5C5C=CC=CC5)ccc4c(-c4ccc5ccccc5n4)c3c2)=C1. The number of benzene rings is 6. The Hall–Kier alpha value is -8.08. The van der Waals surface area contributed by atoms with Gasteiger partial charge in [0.15, 0.2) is 0 Å². The minimum atomic E-state index is 0.266. The van der Waals surface area contributed by atoms with E-state index in [4.69, 9.17) is 9.97 Å². The van der Waals surface area contributed by atoms with E-state index >= 15 is 0 Å². The van der Waals surface area contributed by atoms with Gasteiger partial charge in [-0.15, -0.1) is 0 Å². The monoisotopic (exact) mass is 874 g/mol. The molecular weight excluding hydrogens is 825 g/mol. The lowest BCUT2D eigenvalue weighted by Crippen LogP contribution is -2.35. The quantitative estimate of drug-likeness (QED) is 0.143. The lowest BCUT2D eigenvalue weighted by Gasteiger charge is -2.35. The number of rotatable bonds is 8. The molecule has 3 unspecified atom stereocenters. The van der Waals surface area contributed by atoms with Crippen molar-refractivity contribution in [3.05, 3.63) is 242 Å². The van der Waals surface area contributed by atoms with Gasteiger partial charge >= 0.3 is 0 Å². The van der Waals surface area contributed by atoms with E-state index in [1.165, 1.54) is 33.9 Å². The Morgan fingerprint density at radius 1 is 0.500 bits per heavy atom. The maximum absolute atomic E-state index is 5.50. The Morgan fingerprint density at radius 3 is 1.82 bits per heavy atom. The first-order chi connectivity index (χ1) is 33.7. The van der Waals surface area contributed by atoms with Gasteiger partial charge in [0, 0.05) is 68.2 Å². The molecule has 0 saturated heterocycles. The van der Waals surface area contributed by atoms with Crippen molar-refractivity contribution in [1.82, 2.24) is 14.5 Å². The molecule has 0 saturated carbocycles. The number of hydrogen-bond donors (Lipinski definition) is 0. The third-order valence-electron chi connectivity index (χ3n) is 14.7. The fourth-order valence-electron chi connectivity index (χ4n) is 11.4. The number of para-hydroxylation sites is 2. The number of hydrogen-bond acceptors (Lipinski definition) is 3. The minimum Gasteiger partial charge on any atom is -0.337 e. The van der Waals surface area contributed by atoms with Crippen molar-refractivity contribution >= 4 is 60.3 Å². The molecule has 3 aromatic heterocycles. The van der Waals surface area contributed by atoms with Crippen molar-refractivity contribution in [2.45, 2.75) is 44.1 Å². The summed E-state index contributed by atoms with van der Waals surface area (Å²) in [4.78, 5) is 13.6. The normalized spacial score (nSPS) is 18.9. The summed E-state index contributed by atoms with van der Waals surface area (Å²) in [6.07, 6.45) is 32.4. The van der Waals surface area contributed by atoms with E-state index in [-0.39, 0.29) is 12.0 Å². The van der Waals surface area contributed by atoms with Crippen LogP contribution < -0.4 is 4.90 Å². The van der Waals surface area contributed by atoms with Gasteiger partial charge in [0.2, 0.25) is 0 Å². The Morgan fingerprint density at radius 2 is 1.16 bits per heavy atom. The lowest BCUT2D eigenvalue weighted by atomic mass is 9.87. The lowest BCUT2D eigenvalue weighted by molar-refractivity contribution is 0.514. The summed E-state index contributed by atoms with van der Waals surface area (Å²) in [5, 5.41) is 6.87. The van der Waals surface area contributed by atoms with Crippen molar-refractivity contribution in [2.75, 3.05) is 4.90 Å². The molecule has 3 atom stereocenters. The molecule has 0 fully saturated rings. The second-order valence-electron chi connectivity index (χ2n) is 18.6. The molecule has 4 nitrogen and oxygen atoms in total. The number of nitrogens with zero attached hydrogens (tertiary/aromatic N) is 4. The van der Waals surface area contributed by atoms with Crippen LogP contribution in [-0.4, -0.2) is 20.6 Å². The van der Waals surface area contributed by atoms with Crippen LogP contribution in [0.25, 0.3) is 82.8 Å². The van der Waals surface area contributed by atoms with Gasteiger partial charge in [0.1, 0.15) is 0 Å². The van der Waals surface area contributed by atoms with Gasteiger partial charge in [-0.3, -0.25) is 0 Å². The zero-order valence-electron chi connectivity index (χ0n) is 37.9. The predicted octanol–water partition coefficient (Wildman–Crippen LogP) is 16.3. The number of pyridine rings is 2. The number of anilines is 1. The molecule has 0 spiro atoms. The van der Waals surface area contributed by atoms with Gasteiger partial charge in [-0.25, -0.2) is 9.97 Å². The highest BCUT2D eigenvalue weighted by molar-refractivity contribution is 6.22. The van der Waals surface area contributed by atoms with Crippen molar-refractivity contribution in [1.29, 1.82) is 0 Å². The fourth-order valence-corrected chi connectivity index (χ4v) is 11.4. The van der Waals surface area contributed by atoms with Crippen LogP contribution >= 0.6 is 0 Å². The van der Waals surface area contributed by atoms with E-state index < -0.39 is 0 Å². The Balaban J connectivity index is 1.11. The van der Waals surface area contributed by atoms with Crippen molar-refractivity contribution in [3.63, 3.8) is 0 Å². The number of fused-ring (bicyclic) bond motifs is 4. The van der Waals surface area contributed by atoms with Crippen LogP contribution in [0.15, 0.2) is 225 Å². The van der Waals surface area contributed by atoms with Gasteiger partial charge in [-0.2, -0.15) is 0 Å². The molecule has 4 heterocycles. The van der Waals surface area contributed by atoms with Crippen LogP contribution in [0.3, 0.4) is 0 Å². The minimum absolute atomic E-state index is 0.266. The fraction of sp³-hybridized carbons (Fsp3) is 0.125. The van der Waals surface area contributed by atoms with E-state index in [9.17, 15) is 0 Å². The van der Waals surface area contributed by atoms with Gasteiger partial charge in [-0.05, 0) is 125 Å². The zero-order valence-corrected chi connectivity index (χ0v) is 37.9.